The van der Waals surface area contributed by atoms with E-state index in [-0.39, 0.29) is 20.4 Å². The Bertz CT molecular complexity index is 1530. The largest absolute Gasteiger partial charge is 0.478 e. The molecule has 0 radical (unpaired) electrons. The molecule has 35 heavy (non-hydrogen) atoms. The molecule has 4 aromatic rings. The predicted molar refractivity (Wildman–Crippen MR) is 135 cm³/mol. The van der Waals surface area contributed by atoms with E-state index in [1.54, 1.807) is 41.8 Å². The third-order valence-electron chi connectivity index (χ3n) is 5.25. The molecule has 4 rings (SSSR count). The summed E-state index contributed by atoms with van der Waals surface area (Å²) in [6.07, 6.45) is 1.13. The summed E-state index contributed by atoms with van der Waals surface area (Å²) < 4.78 is 54.1. The molecular formula is C25H21NO6S3. The molecule has 0 fully saturated rings. The van der Waals surface area contributed by atoms with E-state index in [0.717, 1.165) is 22.5 Å². The molecule has 10 heteroatoms. The van der Waals surface area contributed by atoms with Crippen molar-refractivity contribution in [3.8, 4) is 0 Å². The Hall–Kier alpha value is -3.47. The van der Waals surface area contributed by atoms with Crippen LogP contribution in [0.1, 0.15) is 21.5 Å². The van der Waals surface area contributed by atoms with Gasteiger partial charge in [0.15, 0.2) is 0 Å². The van der Waals surface area contributed by atoms with Crippen LogP contribution in [0.4, 0.5) is 5.69 Å². The van der Waals surface area contributed by atoms with Crippen molar-refractivity contribution in [1.82, 2.24) is 0 Å². The molecule has 0 atom stereocenters. The minimum absolute atomic E-state index is 0.00104. The van der Waals surface area contributed by atoms with Gasteiger partial charge in [-0.1, -0.05) is 48.5 Å². The molecular weight excluding hydrogens is 506 g/mol. The fourth-order valence-electron chi connectivity index (χ4n) is 3.52. The van der Waals surface area contributed by atoms with Gasteiger partial charge >= 0.3 is 5.97 Å². The zero-order chi connectivity index (χ0) is 25.1. The Labute approximate surface area is 208 Å². The third kappa shape index (κ3) is 5.29. The van der Waals surface area contributed by atoms with Crippen LogP contribution in [-0.2, 0) is 32.9 Å². The van der Waals surface area contributed by atoms with Crippen LogP contribution in [0.3, 0.4) is 0 Å². The number of hydrogen-bond acceptors (Lipinski definition) is 6. The highest BCUT2D eigenvalue weighted by atomic mass is 32.3. The number of anilines is 1. The fourth-order valence-corrected chi connectivity index (χ4v) is 8.42. The normalized spacial score (nSPS) is 11.8. The molecule has 1 heterocycles. The lowest BCUT2D eigenvalue weighted by atomic mass is 10.0. The maximum atomic E-state index is 13.5. The van der Waals surface area contributed by atoms with Crippen LogP contribution in [0.2, 0.25) is 0 Å². The van der Waals surface area contributed by atoms with E-state index in [9.17, 15) is 21.6 Å². The van der Waals surface area contributed by atoms with E-state index in [4.69, 9.17) is 5.11 Å². The Balaban J connectivity index is 1.66. The second-order valence-corrected chi connectivity index (χ2v) is 12.6. The molecule has 1 aromatic heterocycles. The minimum atomic E-state index is -4.42. The quantitative estimate of drug-likeness (QED) is 0.334. The van der Waals surface area contributed by atoms with Crippen LogP contribution < -0.4 is 3.71 Å². The van der Waals surface area contributed by atoms with E-state index in [2.05, 4.69) is 0 Å². The number of benzene rings is 3. The number of nitrogens with zero attached hydrogens (tertiary/aromatic N) is 1. The molecule has 1 N–H and O–H groups in total. The van der Waals surface area contributed by atoms with Crippen molar-refractivity contribution in [2.24, 2.45) is 0 Å². The predicted octanol–water partition coefficient (Wildman–Crippen LogP) is 4.82. The number of hydrogen-bond donors (Lipinski definition) is 1. The van der Waals surface area contributed by atoms with Crippen molar-refractivity contribution in [1.29, 1.82) is 0 Å². The lowest BCUT2D eigenvalue weighted by molar-refractivity contribution is 0.0696. The van der Waals surface area contributed by atoms with Gasteiger partial charge < -0.3 is 5.11 Å². The van der Waals surface area contributed by atoms with Gasteiger partial charge in [0.25, 0.3) is 20.0 Å². The third-order valence-corrected chi connectivity index (χ3v) is 10.8. The second kappa shape index (κ2) is 10.0. The van der Waals surface area contributed by atoms with Crippen molar-refractivity contribution < 1.29 is 26.7 Å². The van der Waals surface area contributed by atoms with Gasteiger partial charge in [-0.3, -0.25) is 0 Å². The molecule has 7 nitrogen and oxygen atoms in total. The number of aromatic carboxylic acids is 1. The molecule has 0 aliphatic carbocycles. The van der Waals surface area contributed by atoms with Crippen molar-refractivity contribution >= 4 is 43.0 Å². The van der Waals surface area contributed by atoms with Crippen LogP contribution >= 0.6 is 11.3 Å². The number of carboxylic acid groups (broad SMARTS) is 1. The van der Waals surface area contributed by atoms with E-state index < -0.39 is 26.0 Å². The summed E-state index contributed by atoms with van der Waals surface area (Å²) in [5.74, 6) is -0.997. The zero-order valence-corrected chi connectivity index (χ0v) is 20.8. The highest BCUT2D eigenvalue weighted by Gasteiger charge is 2.37. The number of carboxylic acids is 1. The van der Waals surface area contributed by atoms with Crippen LogP contribution in [0, 0.1) is 0 Å². The summed E-state index contributed by atoms with van der Waals surface area (Å²) >= 11 is 0.940. The smallest absolute Gasteiger partial charge is 0.335 e. The average molecular weight is 528 g/mol. The number of rotatable bonds is 9. The van der Waals surface area contributed by atoms with Gasteiger partial charge in [-0.2, -0.15) is 12.1 Å². The summed E-state index contributed by atoms with van der Waals surface area (Å²) in [6.45, 7) is 0. The summed E-state index contributed by atoms with van der Waals surface area (Å²) in [5.41, 5.74) is 1.90. The minimum Gasteiger partial charge on any atom is -0.478 e. The van der Waals surface area contributed by atoms with Gasteiger partial charge in [0, 0.05) is 0 Å². The van der Waals surface area contributed by atoms with Gasteiger partial charge in [-0.25, -0.2) is 13.2 Å². The molecule has 0 saturated heterocycles. The standard InChI is InChI=1S/C25H21NO6S3/c27-25(28)21-7-4-6-20(18-21)12-11-19-13-15-22(16-14-19)26(35(31,32)24-10-5-17-33-24)34(29,30)23-8-2-1-3-9-23/h1-10,13-18H,11-12H2,(H,27,28). The van der Waals surface area contributed by atoms with E-state index in [1.807, 2.05) is 6.07 Å². The first-order chi connectivity index (χ1) is 16.7. The van der Waals surface area contributed by atoms with Crippen molar-refractivity contribution in [2.45, 2.75) is 21.9 Å². The number of aryl methyl sites for hydroxylation is 2. The van der Waals surface area contributed by atoms with Crippen LogP contribution in [0.5, 0.6) is 0 Å². The van der Waals surface area contributed by atoms with Crippen molar-refractivity contribution in [3.63, 3.8) is 0 Å². The van der Waals surface area contributed by atoms with Crippen LogP contribution in [0.15, 0.2) is 105 Å². The molecule has 0 amide bonds. The SMILES string of the molecule is O=C(O)c1cccc(CCc2ccc(N(S(=O)(=O)c3ccccc3)S(=O)(=O)c3cccs3)cc2)c1. The Kier molecular flexibility index (Phi) is 7.06. The lowest BCUT2D eigenvalue weighted by Crippen LogP contribution is -2.36. The van der Waals surface area contributed by atoms with Gasteiger partial charge in [0.1, 0.15) is 4.21 Å². The molecule has 0 unspecified atom stereocenters. The fraction of sp³-hybridized carbons (Fsp3) is 0.0800. The molecule has 0 bridgehead atoms. The van der Waals surface area contributed by atoms with E-state index >= 15 is 0 Å². The highest BCUT2D eigenvalue weighted by molar-refractivity contribution is 8.11. The van der Waals surface area contributed by atoms with Crippen LogP contribution in [-0.4, -0.2) is 27.9 Å². The second-order valence-electron chi connectivity index (χ2n) is 7.62. The molecule has 3 aromatic carbocycles. The number of sulfonamides is 2. The van der Waals surface area contributed by atoms with Gasteiger partial charge in [-0.05, 0) is 71.8 Å². The topological polar surface area (TPSA) is 109 Å². The van der Waals surface area contributed by atoms with Gasteiger partial charge in [-0.15, -0.1) is 11.3 Å². The summed E-state index contributed by atoms with van der Waals surface area (Å²) in [4.78, 5) is 11.0. The molecule has 0 spiro atoms. The van der Waals surface area contributed by atoms with Crippen LogP contribution in [0.25, 0.3) is 0 Å². The summed E-state index contributed by atoms with van der Waals surface area (Å²) in [6, 6.07) is 23.3. The first-order valence-electron chi connectivity index (χ1n) is 10.5. The maximum absolute atomic E-state index is 13.5. The van der Waals surface area contributed by atoms with Crippen molar-refractivity contribution in [2.75, 3.05) is 3.71 Å². The molecule has 0 saturated carbocycles. The Morgan fingerprint density at radius 2 is 1.43 bits per heavy atom. The maximum Gasteiger partial charge on any atom is 0.335 e. The average Bonchev–Trinajstić information content (AvgIpc) is 3.40. The lowest BCUT2D eigenvalue weighted by Gasteiger charge is -2.23. The first kappa shape index (κ1) is 24.6. The zero-order valence-electron chi connectivity index (χ0n) is 18.3. The molecule has 0 aliphatic heterocycles. The Morgan fingerprint density at radius 1 is 0.743 bits per heavy atom. The Morgan fingerprint density at radius 3 is 2.06 bits per heavy atom. The summed E-state index contributed by atoms with van der Waals surface area (Å²) in [5, 5.41) is 10.7. The molecule has 0 aliphatic rings. The monoisotopic (exact) mass is 527 g/mol. The number of carbonyl (C=O) groups is 1. The highest BCUT2D eigenvalue weighted by Crippen LogP contribution is 2.32. The van der Waals surface area contributed by atoms with E-state index in [1.165, 1.54) is 48.5 Å². The summed E-state index contributed by atoms with van der Waals surface area (Å²) in [7, 11) is -8.81. The van der Waals surface area contributed by atoms with E-state index in [0.29, 0.717) is 16.6 Å². The van der Waals surface area contributed by atoms with Gasteiger partial charge in [0.05, 0.1) is 16.1 Å². The van der Waals surface area contributed by atoms with Crippen molar-refractivity contribution in [3.05, 3.63) is 113 Å². The first-order valence-corrected chi connectivity index (χ1v) is 14.3. The molecule has 180 valence electrons. The number of thiophene rings is 1. The van der Waals surface area contributed by atoms with Gasteiger partial charge in [0.2, 0.25) is 0 Å².